The molecule has 0 bridgehead atoms. The van der Waals surface area contributed by atoms with Gasteiger partial charge in [-0.2, -0.15) is 0 Å². The SMILES string of the molecule is C[Si](C)(C)CCOCC1CCCCCCCC1. The van der Waals surface area contributed by atoms with Crippen molar-refractivity contribution in [3.63, 3.8) is 0 Å². The molecule has 0 aromatic carbocycles. The molecule has 1 aliphatic rings. The molecule has 0 heterocycles. The summed E-state index contributed by atoms with van der Waals surface area (Å²) >= 11 is 0. The first-order valence-corrected chi connectivity index (χ1v) is 11.4. The van der Waals surface area contributed by atoms with Crippen molar-refractivity contribution in [1.82, 2.24) is 0 Å². The lowest BCUT2D eigenvalue weighted by Crippen LogP contribution is -2.22. The third kappa shape index (κ3) is 8.84. The monoisotopic (exact) mass is 256 g/mol. The molecule has 0 amide bonds. The highest BCUT2D eigenvalue weighted by Gasteiger charge is 2.14. The number of ether oxygens (including phenoxy) is 1. The van der Waals surface area contributed by atoms with Crippen LogP contribution in [-0.2, 0) is 4.74 Å². The Balaban J connectivity index is 2.10. The Bertz CT molecular complexity index is 176. The second-order valence-electron chi connectivity index (χ2n) is 6.95. The summed E-state index contributed by atoms with van der Waals surface area (Å²) in [5.41, 5.74) is 0. The Labute approximate surface area is 109 Å². The highest BCUT2D eigenvalue weighted by atomic mass is 28.3. The van der Waals surface area contributed by atoms with Gasteiger partial charge in [-0.05, 0) is 24.8 Å². The quantitative estimate of drug-likeness (QED) is 0.491. The Hall–Kier alpha value is 0.177. The fourth-order valence-electron chi connectivity index (χ4n) is 2.51. The van der Waals surface area contributed by atoms with Gasteiger partial charge in [-0.25, -0.2) is 0 Å². The zero-order valence-corrected chi connectivity index (χ0v) is 13.3. The maximum absolute atomic E-state index is 5.92. The minimum atomic E-state index is -0.895. The van der Waals surface area contributed by atoms with Crippen molar-refractivity contribution in [3.8, 4) is 0 Å². The van der Waals surface area contributed by atoms with Crippen LogP contribution in [-0.4, -0.2) is 21.3 Å². The van der Waals surface area contributed by atoms with Crippen molar-refractivity contribution in [2.45, 2.75) is 77.1 Å². The van der Waals surface area contributed by atoms with Crippen molar-refractivity contribution < 1.29 is 4.74 Å². The van der Waals surface area contributed by atoms with Gasteiger partial charge >= 0.3 is 0 Å². The molecule has 0 N–H and O–H groups in total. The lowest BCUT2D eigenvalue weighted by Gasteiger charge is -2.19. The van der Waals surface area contributed by atoms with Crippen LogP contribution in [0, 0.1) is 5.92 Å². The minimum absolute atomic E-state index is 0.856. The highest BCUT2D eigenvalue weighted by molar-refractivity contribution is 6.76. The maximum atomic E-state index is 5.92. The molecule has 102 valence electrons. The standard InChI is InChI=1S/C15H32OSi/c1-17(2,3)13-12-16-14-15-10-8-6-4-5-7-9-11-15/h15H,4-14H2,1-3H3. The molecule has 1 aliphatic carbocycles. The van der Waals surface area contributed by atoms with E-state index in [0.29, 0.717) is 0 Å². The predicted molar refractivity (Wildman–Crippen MR) is 79.4 cm³/mol. The number of hydrogen-bond donors (Lipinski definition) is 0. The van der Waals surface area contributed by atoms with Crippen LogP contribution >= 0.6 is 0 Å². The molecule has 0 aromatic heterocycles. The van der Waals surface area contributed by atoms with E-state index in [1.807, 2.05) is 0 Å². The lowest BCUT2D eigenvalue weighted by molar-refractivity contribution is 0.101. The molecule has 1 rings (SSSR count). The smallest absolute Gasteiger partial charge is 0.0494 e. The van der Waals surface area contributed by atoms with Gasteiger partial charge in [0.2, 0.25) is 0 Å². The van der Waals surface area contributed by atoms with Gasteiger partial charge in [0.15, 0.2) is 0 Å². The zero-order chi connectivity index (χ0) is 12.6. The van der Waals surface area contributed by atoms with Crippen molar-refractivity contribution in [2.24, 2.45) is 5.92 Å². The molecular weight excluding hydrogens is 224 g/mol. The van der Waals surface area contributed by atoms with Gasteiger partial charge in [0.25, 0.3) is 0 Å². The molecular formula is C15H32OSi. The summed E-state index contributed by atoms with van der Waals surface area (Å²) in [6.45, 7) is 9.32. The fourth-order valence-corrected chi connectivity index (χ4v) is 3.27. The number of hydrogen-bond acceptors (Lipinski definition) is 1. The molecule has 0 aliphatic heterocycles. The molecule has 1 saturated carbocycles. The second kappa shape index (κ2) is 8.31. The lowest BCUT2D eigenvalue weighted by atomic mass is 9.98. The molecule has 0 aromatic rings. The van der Waals surface area contributed by atoms with Crippen LogP contribution < -0.4 is 0 Å². The third-order valence-corrected chi connectivity index (χ3v) is 5.53. The van der Waals surface area contributed by atoms with Gasteiger partial charge < -0.3 is 4.74 Å². The molecule has 0 unspecified atom stereocenters. The topological polar surface area (TPSA) is 9.23 Å². The van der Waals surface area contributed by atoms with Crippen LogP contribution in [0.25, 0.3) is 0 Å². The Morgan fingerprint density at radius 2 is 1.41 bits per heavy atom. The van der Waals surface area contributed by atoms with Crippen LogP contribution in [0.15, 0.2) is 0 Å². The van der Waals surface area contributed by atoms with Gasteiger partial charge in [-0.3, -0.25) is 0 Å². The van der Waals surface area contributed by atoms with E-state index < -0.39 is 8.07 Å². The van der Waals surface area contributed by atoms with Crippen molar-refractivity contribution >= 4 is 8.07 Å². The fraction of sp³-hybridized carbons (Fsp3) is 1.00. The van der Waals surface area contributed by atoms with Gasteiger partial charge in [-0.15, -0.1) is 0 Å². The van der Waals surface area contributed by atoms with Gasteiger partial charge in [0.1, 0.15) is 0 Å². The van der Waals surface area contributed by atoms with Crippen molar-refractivity contribution in [2.75, 3.05) is 13.2 Å². The summed E-state index contributed by atoms with van der Waals surface area (Å²) < 4.78 is 5.92. The summed E-state index contributed by atoms with van der Waals surface area (Å²) in [4.78, 5) is 0. The van der Waals surface area contributed by atoms with E-state index in [4.69, 9.17) is 4.74 Å². The van der Waals surface area contributed by atoms with Crippen molar-refractivity contribution in [1.29, 1.82) is 0 Å². The van der Waals surface area contributed by atoms with Crippen LogP contribution in [0.2, 0.25) is 25.7 Å². The molecule has 0 radical (unpaired) electrons. The van der Waals surface area contributed by atoms with Crippen LogP contribution in [0.4, 0.5) is 0 Å². The average Bonchev–Trinajstić information content (AvgIpc) is 2.36. The number of rotatable bonds is 5. The van der Waals surface area contributed by atoms with Gasteiger partial charge in [0.05, 0.1) is 0 Å². The predicted octanol–water partition coefficient (Wildman–Crippen LogP) is 5.09. The van der Waals surface area contributed by atoms with E-state index in [-0.39, 0.29) is 0 Å². The van der Waals surface area contributed by atoms with Crippen LogP contribution in [0.5, 0.6) is 0 Å². The van der Waals surface area contributed by atoms with Crippen LogP contribution in [0.1, 0.15) is 51.4 Å². The maximum Gasteiger partial charge on any atom is 0.0494 e. The largest absolute Gasteiger partial charge is 0.381 e. The van der Waals surface area contributed by atoms with Crippen LogP contribution in [0.3, 0.4) is 0 Å². The minimum Gasteiger partial charge on any atom is -0.381 e. The summed E-state index contributed by atoms with van der Waals surface area (Å²) in [6.07, 6.45) is 11.5. The van der Waals surface area contributed by atoms with E-state index in [0.717, 1.165) is 19.1 Å². The first-order valence-electron chi connectivity index (χ1n) is 7.66. The third-order valence-electron chi connectivity index (χ3n) is 3.82. The molecule has 2 heteroatoms. The Morgan fingerprint density at radius 1 is 0.882 bits per heavy atom. The molecule has 0 atom stereocenters. The van der Waals surface area contributed by atoms with E-state index in [9.17, 15) is 0 Å². The summed E-state index contributed by atoms with van der Waals surface area (Å²) in [7, 11) is -0.895. The molecule has 1 fully saturated rings. The van der Waals surface area contributed by atoms with E-state index in [2.05, 4.69) is 19.6 Å². The highest BCUT2D eigenvalue weighted by Crippen LogP contribution is 2.22. The Morgan fingerprint density at radius 3 is 1.94 bits per heavy atom. The van der Waals surface area contributed by atoms with E-state index in [1.165, 1.54) is 57.4 Å². The molecule has 0 spiro atoms. The molecule has 1 nitrogen and oxygen atoms in total. The van der Waals surface area contributed by atoms with E-state index in [1.54, 1.807) is 0 Å². The average molecular weight is 257 g/mol. The molecule has 0 saturated heterocycles. The normalized spacial score (nSPS) is 20.6. The summed E-state index contributed by atoms with van der Waals surface area (Å²) in [5, 5.41) is 0. The van der Waals surface area contributed by atoms with Gasteiger partial charge in [-0.1, -0.05) is 58.2 Å². The second-order valence-corrected chi connectivity index (χ2v) is 12.6. The molecule has 17 heavy (non-hydrogen) atoms. The summed E-state index contributed by atoms with van der Waals surface area (Å²) in [6, 6.07) is 1.32. The van der Waals surface area contributed by atoms with E-state index >= 15 is 0 Å². The summed E-state index contributed by atoms with van der Waals surface area (Å²) in [5.74, 6) is 0.856. The first kappa shape index (κ1) is 15.2. The Kier molecular flexibility index (Phi) is 7.45. The first-order chi connectivity index (χ1) is 8.08. The van der Waals surface area contributed by atoms with Gasteiger partial charge in [0, 0.05) is 21.3 Å². The zero-order valence-electron chi connectivity index (χ0n) is 12.3. The van der Waals surface area contributed by atoms with Crippen molar-refractivity contribution in [3.05, 3.63) is 0 Å².